The van der Waals surface area contributed by atoms with Gasteiger partial charge in [0.1, 0.15) is 0 Å². The van der Waals surface area contributed by atoms with Crippen molar-refractivity contribution in [1.29, 1.82) is 0 Å². The van der Waals surface area contributed by atoms with Crippen LogP contribution in [0.2, 0.25) is 0 Å². The summed E-state index contributed by atoms with van der Waals surface area (Å²) in [6, 6.07) is 0. The summed E-state index contributed by atoms with van der Waals surface area (Å²) < 4.78 is 0. The van der Waals surface area contributed by atoms with Crippen molar-refractivity contribution in [2.24, 2.45) is 0 Å². The number of thioether (sulfide) groups is 1. The van der Waals surface area contributed by atoms with E-state index in [0.29, 0.717) is 0 Å². The summed E-state index contributed by atoms with van der Waals surface area (Å²) in [6.45, 7) is 5.72. The van der Waals surface area contributed by atoms with Crippen LogP contribution < -0.4 is 5.32 Å². The number of hydrogen-bond donors (Lipinski definition) is 2. The van der Waals surface area contributed by atoms with Gasteiger partial charge in [-0.2, -0.15) is 11.8 Å². The zero-order valence-electron chi connectivity index (χ0n) is 7.47. The molecule has 11 heavy (non-hydrogen) atoms. The van der Waals surface area contributed by atoms with Crippen LogP contribution in [-0.2, 0) is 0 Å². The Labute approximate surface area is 73.8 Å². The summed E-state index contributed by atoms with van der Waals surface area (Å²) in [5.41, 5.74) is 0. The SMILES string of the molecule is CCSCCCNCC(C)O. The molecule has 0 bridgehead atoms. The first-order valence-corrected chi connectivity index (χ1v) is 5.39. The van der Waals surface area contributed by atoms with Gasteiger partial charge in [0.2, 0.25) is 0 Å². The number of rotatable bonds is 7. The Balaban J connectivity index is 2.80. The predicted octanol–water partition coefficient (Wildman–Crippen LogP) is 1.10. The molecule has 3 heteroatoms. The smallest absolute Gasteiger partial charge is 0.0636 e. The Kier molecular flexibility index (Phi) is 8.57. The highest BCUT2D eigenvalue weighted by atomic mass is 32.2. The number of aliphatic hydroxyl groups is 1. The first-order valence-electron chi connectivity index (χ1n) is 4.24. The molecular weight excluding hydrogens is 158 g/mol. The number of nitrogens with one attached hydrogen (secondary N) is 1. The van der Waals surface area contributed by atoms with E-state index < -0.39 is 0 Å². The van der Waals surface area contributed by atoms with Crippen LogP contribution in [0.1, 0.15) is 20.3 Å². The van der Waals surface area contributed by atoms with Crippen molar-refractivity contribution >= 4 is 11.8 Å². The Morgan fingerprint density at radius 2 is 2.27 bits per heavy atom. The van der Waals surface area contributed by atoms with Gasteiger partial charge in [0.15, 0.2) is 0 Å². The van der Waals surface area contributed by atoms with Gasteiger partial charge >= 0.3 is 0 Å². The quantitative estimate of drug-likeness (QED) is 0.571. The highest BCUT2D eigenvalue weighted by Crippen LogP contribution is 1.99. The second-order valence-electron chi connectivity index (χ2n) is 2.60. The summed E-state index contributed by atoms with van der Waals surface area (Å²) in [5, 5.41) is 12.1. The third-order valence-corrected chi connectivity index (χ3v) is 2.27. The summed E-state index contributed by atoms with van der Waals surface area (Å²) in [7, 11) is 0. The third kappa shape index (κ3) is 10.3. The van der Waals surface area contributed by atoms with E-state index in [1.165, 1.54) is 17.9 Å². The van der Waals surface area contributed by atoms with Gasteiger partial charge < -0.3 is 10.4 Å². The molecule has 0 aliphatic heterocycles. The summed E-state index contributed by atoms with van der Waals surface area (Å²) in [6.07, 6.45) is 0.986. The van der Waals surface area contributed by atoms with Crippen molar-refractivity contribution in [3.8, 4) is 0 Å². The van der Waals surface area contributed by atoms with Gasteiger partial charge in [-0.15, -0.1) is 0 Å². The maximum Gasteiger partial charge on any atom is 0.0636 e. The van der Waals surface area contributed by atoms with Gasteiger partial charge in [-0.05, 0) is 31.4 Å². The lowest BCUT2D eigenvalue weighted by atomic mass is 10.4. The molecule has 0 saturated carbocycles. The fourth-order valence-electron chi connectivity index (χ4n) is 0.755. The van der Waals surface area contributed by atoms with Gasteiger partial charge in [-0.3, -0.25) is 0 Å². The van der Waals surface area contributed by atoms with Crippen molar-refractivity contribution in [3.63, 3.8) is 0 Å². The Morgan fingerprint density at radius 3 is 2.82 bits per heavy atom. The minimum atomic E-state index is -0.214. The van der Waals surface area contributed by atoms with Crippen LogP contribution in [-0.4, -0.2) is 35.8 Å². The van der Waals surface area contributed by atoms with E-state index in [-0.39, 0.29) is 6.10 Å². The van der Waals surface area contributed by atoms with E-state index in [1.807, 2.05) is 11.8 Å². The average molecular weight is 177 g/mol. The van der Waals surface area contributed by atoms with Crippen molar-refractivity contribution in [1.82, 2.24) is 5.32 Å². The van der Waals surface area contributed by atoms with Crippen LogP contribution in [0.3, 0.4) is 0 Å². The molecule has 1 atom stereocenters. The van der Waals surface area contributed by atoms with E-state index in [0.717, 1.165) is 13.1 Å². The van der Waals surface area contributed by atoms with E-state index in [9.17, 15) is 0 Å². The molecular formula is C8H19NOS. The molecule has 0 spiro atoms. The van der Waals surface area contributed by atoms with Crippen LogP contribution in [0, 0.1) is 0 Å². The Bertz CT molecular complexity index is 78.5. The summed E-state index contributed by atoms with van der Waals surface area (Å²) >= 11 is 1.96. The maximum absolute atomic E-state index is 8.89. The lowest BCUT2D eigenvalue weighted by Crippen LogP contribution is -2.25. The largest absolute Gasteiger partial charge is 0.392 e. The van der Waals surface area contributed by atoms with Crippen LogP contribution in [0.4, 0.5) is 0 Å². The second-order valence-corrected chi connectivity index (χ2v) is 4.00. The average Bonchev–Trinajstić information content (AvgIpc) is 1.96. The molecule has 2 nitrogen and oxygen atoms in total. The van der Waals surface area contributed by atoms with Gasteiger partial charge in [0.25, 0.3) is 0 Å². The van der Waals surface area contributed by atoms with Crippen molar-refractivity contribution < 1.29 is 5.11 Å². The molecule has 68 valence electrons. The van der Waals surface area contributed by atoms with Crippen LogP contribution in [0.5, 0.6) is 0 Å². The molecule has 0 aromatic rings. The zero-order chi connectivity index (χ0) is 8.53. The first kappa shape index (κ1) is 11.3. The van der Waals surface area contributed by atoms with Crippen LogP contribution in [0.25, 0.3) is 0 Å². The van der Waals surface area contributed by atoms with Crippen LogP contribution >= 0.6 is 11.8 Å². The highest BCUT2D eigenvalue weighted by Gasteiger charge is 1.92. The topological polar surface area (TPSA) is 32.3 Å². The molecule has 0 heterocycles. The lowest BCUT2D eigenvalue weighted by Gasteiger charge is -2.05. The van der Waals surface area contributed by atoms with Crippen molar-refractivity contribution in [2.45, 2.75) is 26.4 Å². The molecule has 0 aliphatic carbocycles. The monoisotopic (exact) mass is 177 g/mol. The van der Waals surface area contributed by atoms with E-state index in [1.54, 1.807) is 6.92 Å². The van der Waals surface area contributed by atoms with E-state index >= 15 is 0 Å². The molecule has 0 radical (unpaired) electrons. The number of hydrogen-bond acceptors (Lipinski definition) is 3. The minimum absolute atomic E-state index is 0.214. The van der Waals surface area contributed by atoms with E-state index in [2.05, 4.69) is 12.2 Å². The molecule has 0 amide bonds. The first-order chi connectivity index (χ1) is 5.27. The fraction of sp³-hybridized carbons (Fsp3) is 1.00. The van der Waals surface area contributed by atoms with Gasteiger partial charge in [0.05, 0.1) is 6.10 Å². The lowest BCUT2D eigenvalue weighted by molar-refractivity contribution is 0.191. The minimum Gasteiger partial charge on any atom is -0.392 e. The standard InChI is InChI=1S/C8H19NOS/c1-3-11-6-4-5-9-7-8(2)10/h8-10H,3-7H2,1-2H3. The Morgan fingerprint density at radius 1 is 1.55 bits per heavy atom. The molecule has 0 fully saturated rings. The summed E-state index contributed by atoms with van der Waals surface area (Å²) in [5.74, 6) is 2.43. The predicted molar refractivity (Wildman–Crippen MR) is 52.2 cm³/mol. The molecule has 2 N–H and O–H groups in total. The molecule has 0 aromatic heterocycles. The van der Waals surface area contributed by atoms with Gasteiger partial charge in [0, 0.05) is 6.54 Å². The Hall–Kier alpha value is 0.270. The molecule has 1 unspecified atom stereocenters. The molecule has 0 aromatic carbocycles. The van der Waals surface area contributed by atoms with Crippen molar-refractivity contribution in [3.05, 3.63) is 0 Å². The normalized spacial score (nSPS) is 13.4. The molecule has 0 aliphatic rings. The van der Waals surface area contributed by atoms with Gasteiger partial charge in [-0.25, -0.2) is 0 Å². The maximum atomic E-state index is 8.89. The fourth-order valence-corrected chi connectivity index (χ4v) is 1.39. The van der Waals surface area contributed by atoms with Crippen LogP contribution in [0.15, 0.2) is 0 Å². The number of aliphatic hydroxyl groups excluding tert-OH is 1. The third-order valence-electron chi connectivity index (χ3n) is 1.29. The molecule has 0 rings (SSSR count). The second kappa shape index (κ2) is 8.37. The zero-order valence-corrected chi connectivity index (χ0v) is 8.28. The van der Waals surface area contributed by atoms with E-state index in [4.69, 9.17) is 5.11 Å². The summed E-state index contributed by atoms with van der Waals surface area (Å²) in [4.78, 5) is 0. The van der Waals surface area contributed by atoms with Crippen molar-refractivity contribution in [2.75, 3.05) is 24.6 Å². The highest BCUT2D eigenvalue weighted by molar-refractivity contribution is 7.99. The van der Waals surface area contributed by atoms with Gasteiger partial charge in [-0.1, -0.05) is 6.92 Å². The molecule has 0 saturated heterocycles.